The number of ether oxygens (including phenoxy) is 1. The Balaban J connectivity index is 2.50. The van der Waals surface area contributed by atoms with Crippen LogP contribution in [0.25, 0.3) is 0 Å². The Bertz CT molecular complexity index is 217. The van der Waals surface area contributed by atoms with E-state index in [1.165, 1.54) is 13.5 Å². The molecule has 1 aliphatic rings. The molecule has 0 radical (unpaired) electrons. The Morgan fingerprint density at radius 1 is 1.43 bits per heavy atom. The first kappa shape index (κ1) is 11.2. The van der Waals surface area contributed by atoms with E-state index < -0.39 is 12.1 Å². The van der Waals surface area contributed by atoms with E-state index in [1.807, 2.05) is 0 Å². The molecule has 0 heterocycles. The molecule has 0 saturated heterocycles. The Labute approximate surface area is 84.8 Å². The number of rotatable bonds is 3. The fourth-order valence-electron chi connectivity index (χ4n) is 1.99. The first-order valence-electron chi connectivity index (χ1n) is 5.12. The summed E-state index contributed by atoms with van der Waals surface area (Å²) in [6.45, 7) is 3.58. The lowest BCUT2D eigenvalue weighted by Crippen LogP contribution is -2.28. The zero-order chi connectivity index (χ0) is 10.6. The van der Waals surface area contributed by atoms with Crippen LogP contribution in [0.1, 0.15) is 32.1 Å². The molecule has 1 unspecified atom stereocenters. The Morgan fingerprint density at radius 3 is 2.50 bits per heavy atom. The summed E-state index contributed by atoms with van der Waals surface area (Å²) in [5, 5.41) is 9.84. The maximum atomic E-state index is 11.1. The fourth-order valence-corrected chi connectivity index (χ4v) is 1.99. The van der Waals surface area contributed by atoms with Crippen molar-refractivity contribution in [1.82, 2.24) is 0 Å². The second kappa shape index (κ2) is 5.15. The van der Waals surface area contributed by atoms with Crippen molar-refractivity contribution in [2.24, 2.45) is 5.92 Å². The molecule has 0 aromatic carbocycles. The summed E-state index contributed by atoms with van der Waals surface area (Å²) in [6, 6.07) is 0. The summed E-state index contributed by atoms with van der Waals surface area (Å²) >= 11 is 0. The van der Waals surface area contributed by atoms with Crippen LogP contribution in [0.4, 0.5) is 0 Å². The van der Waals surface area contributed by atoms with Gasteiger partial charge in [0, 0.05) is 0 Å². The van der Waals surface area contributed by atoms with Crippen molar-refractivity contribution >= 4 is 5.97 Å². The standard InChI is InChI=1S/C11H18O3/c1-8(11(13)14-2)10(12)9-6-4-3-5-7-9/h9-10,12H,1,3-7H2,2H3. The third-order valence-corrected chi connectivity index (χ3v) is 2.90. The second-order valence-electron chi connectivity index (χ2n) is 3.86. The Hall–Kier alpha value is -0.830. The molecule has 1 rings (SSSR count). The SMILES string of the molecule is C=C(C(=O)OC)C(O)C1CCCCC1. The van der Waals surface area contributed by atoms with Gasteiger partial charge in [-0.3, -0.25) is 0 Å². The highest BCUT2D eigenvalue weighted by Crippen LogP contribution is 2.29. The lowest BCUT2D eigenvalue weighted by atomic mass is 9.83. The highest BCUT2D eigenvalue weighted by molar-refractivity contribution is 5.88. The fraction of sp³-hybridized carbons (Fsp3) is 0.727. The first-order valence-corrected chi connectivity index (χ1v) is 5.12. The number of aliphatic hydroxyl groups excluding tert-OH is 1. The van der Waals surface area contributed by atoms with Crippen LogP contribution in [0, 0.1) is 5.92 Å². The van der Waals surface area contributed by atoms with E-state index in [4.69, 9.17) is 0 Å². The lowest BCUT2D eigenvalue weighted by molar-refractivity contribution is -0.137. The molecule has 14 heavy (non-hydrogen) atoms. The average molecular weight is 198 g/mol. The maximum absolute atomic E-state index is 11.1. The third-order valence-electron chi connectivity index (χ3n) is 2.90. The second-order valence-corrected chi connectivity index (χ2v) is 3.86. The highest BCUT2D eigenvalue weighted by Gasteiger charge is 2.27. The molecule has 0 amide bonds. The number of esters is 1. The van der Waals surface area contributed by atoms with Gasteiger partial charge in [0.25, 0.3) is 0 Å². The van der Waals surface area contributed by atoms with E-state index in [0.29, 0.717) is 0 Å². The van der Waals surface area contributed by atoms with Gasteiger partial charge >= 0.3 is 5.97 Å². The highest BCUT2D eigenvalue weighted by atomic mass is 16.5. The number of hydrogen-bond acceptors (Lipinski definition) is 3. The van der Waals surface area contributed by atoms with Crippen LogP contribution in [0.15, 0.2) is 12.2 Å². The monoisotopic (exact) mass is 198 g/mol. The van der Waals surface area contributed by atoms with Gasteiger partial charge in [-0.2, -0.15) is 0 Å². The van der Waals surface area contributed by atoms with E-state index in [2.05, 4.69) is 11.3 Å². The van der Waals surface area contributed by atoms with E-state index in [9.17, 15) is 9.90 Å². The van der Waals surface area contributed by atoms with Gasteiger partial charge in [0.1, 0.15) is 0 Å². The molecular weight excluding hydrogens is 180 g/mol. The molecule has 1 atom stereocenters. The first-order chi connectivity index (χ1) is 6.66. The molecule has 0 aliphatic heterocycles. The molecule has 1 N–H and O–H groups in total. The topological polar surface area (TPSA) is 46.5 Å². The number of methoxy groups -OCH3 is 1. The van der Waals surface area contributed by atoms with Crippen LogP contribution in [0.5, 0.6) is 0 Å². The molecule has 1 fully saturated rings. The minimum Gasteiger partial charge on any atom is -0.466 e. The molecule has 0 bridgehead atoms. The maximum Gasteiger partial charge on any atom is 0.335 e. The van der Waals surface area contributed by atoms with E-state index in [-0.39, 0.29) is 11.5 Å². The molecule has 0 aromatic rings. The molecule has 0 spiro atoms. The predicted molar refractivity (Wildman–Crippen MR) is 53.7 cm³/mol. The number of hydrogen-bond donors (Lipinski definition) is 1. The molecule has 1 aliphatic carbocycles. The number of carbonyl (C=O) groups excluding carboxylic acids is 1. The summed E-state index contributed by atoms with van der Waals surface area (Å²) in [4.78, 5) is 11.1. The summed E-state index contributed by atoms with van der Waals surface area (Å²) < 4.78 is 4.53. The van der Waals surface area contributed by atoms with Gasteiger partial charge in [-0.05, 0) is 18.8 Å². The van der Waals surface area contributed by atoms with Crippen LogP contribution >= 0.6 is 0 Å². The van der Waals surface area contributed by atoms with Crippen molar-refractivity contribution in [1.29, 1.82) is 0 Å². The number of carbonyl (C=O) groups is 1. The normalized spacial score (nSPS) is 20.1. The quantitative estimate of drug-likeness (QED) is 0.554. The molecule has 1 saturated carbocycles. The van der Waals surface area contributed by atoms with Gasteiger partial charge in [-0.25, -0.2) is 4.79 Å². The summed E-state index contributed by atoms with van der Waals surface area (Å²) in [5.74, 6) is -0.307. The van der Waals surface area contributed by atoms with Gasteiger partial charge < -0.3 is 9.84 Å². The number of aliphatic hydroxyl groups is 1. The van der Waals surface area contributed by atoms with Gasteiger partial charge in [-0.15, -0.1) is 0 Å². The molecule has 3 nitrogen and oxygen atoms in total. The smallest absolute Gasteiger partial charge is 0.335 e. The van der Waals surface area contributed by atoms with Crippen LogP contribution < -0.4 is 0 Å². The Kier molecular flexibility index (Phi) is 4.14. The minimum absolute atomic E-state index is 0.190. The predicted octanol–water partition coefficient (Wildman–Crippen LogP) is 1.66. The molecular formula is C11H18O3. The van der Waals surface area contributed by atoms with Crippen LogP contribution in [-0.4, -0.2) is 24.3 Å². The van der Waals surface area contributed by atoms with Gasteiger partial charge in [0.15, 0.2) is 0 Å². The Morgan fingerprint density at radius 2 is 2.00 bits per heavy atom. The van der Waals surface area contributed by atoms with Crippen molar-refractivity contribution < 1.29 is 14.6 Å². The van der Waals surface area contributed by atoms with Gasteiger partial charge in [-0.1, -0.05) is 25.8 Å². The van der Waals surface area contributed by atoms with Crippen LogP contribution in [0.2, 0.25) is 0 Å². The van der Waals surface area contributed by atoms with Crippen LogP contribution in [0.3, 0.4) is 0 Å². The average Bonchev–Trinajstić information content (AvgIpc) is 2.27. The molecule has 80 valence electrons. The van der Waals surface area contributed by atoms with Gasteiger partial charge in [0.05, 0.1) is 18.8 Å². The van der Waals surface area contributed by atoms with E-state index >= 15 is 0 Å². The summed E-state index contributed by atoms with van der Waals surface area (Å²) in [5.41, 5.74) is 0.194. The molecule has 0 aromatic heterocycles. The van der Waals surface area contributed by atoms with Crippen molar-refractivity contribution in [2.75, 3.05) is 7.11 Å². The van der Waals surface area contributed by atoms with Crippen molar-refractivity contribution in [3.8, 4) is 0 Å². The van der Waals surface area contributed by atoms with Crippen LogP contribution in [-0.2, 0) is 9.53 Å². The van der Waals surface area contributed by atoms with Gasteiger partial charge in [0.2, 0.25) is 0 Å². The zero-order valence-corrected chi connectivity index (χ0v) is 8.66. The molecule has 3 heteroatoms. The largest absolute Gasteiger partial charge is 0.466 e. The van der Waals surface area contributed by atoms with Crippen molar-refractivity contribution in [2.45, 2.75) is 38.2 Å². The van der Waals surface area contributed by atoms with Crippen molar-refractivity contribution in [3.05, 3.63) is 12.2 Å². The zero-order valence-electron chi connectivity index (χ0n) is 8.66. The summed E-state index contributed by atoms with van der Waals surface area (Å²) in [7, 11) is 1.31. The van der Waals surface area contributed by atoms with Crippen molar-refractivity contribution in [3.63, 3.8) is 0 Å². The van der Waals surface area contributed by atoms with E-state index in [0.717, 1.165) is 25.7 Å². The summed E-state index contributed by atoms with van der Waals surface area (Å²) in [6.07, 6.45) is 4.75. The lowest BCUT2D eigenvalue weighted by Gasteiger charge is -2.26. The third kappa shape index (κ3) is 2.58. The van der Waals surface area contributed by atoms with E-state index in [1.54, 1.807) is 0 Å². The minimum atomic E-state index is -0.720.